The van der Waals surface area contributed by atoms with Gasteiger partial charge in [-0.3, -0.25) is 0 Å². The van der Waals surface area contributed by atoms with Gasteiger partial charge in [-0.15, -0.1) is 0 Å². The van der Waals surface area contributed by atoms with Crippen molar-refractivity contribution in [1.29, 1.82) is 0 Å². The molecule has 0 aliphatic carbocycles. The first-order chi connectivity index (χ1) is 7.61. The molecule has 1 aromatic carbocycles. The van der Waals surface area contributed by atoms with E-state index in [0.29, 0.717) is 13.2 Å². The number of phenolic OH excluding ortho intramolecular Hbond substituents is 1. The van der Waals surface area contributed by atoms with Crippen LogP contribution in [0.3, 0.4) is 0 Å². The summed E-state index contributed by atoms with van der Waals surface area (Å²) in [6.07, 6.45) is 0. The van der Waals surface area contributed by atoms with Crippen molar-refractivity contribution in [2.75, 3.05) is 19.8 Å². The van der Waals surface area contributed by atoms with Gasteiger partial charge in [-0.25, -0.2) is 8.78 Å². The Kier molecular flexibility index (Phi) is 3.02. The van der Waals surface area contributed by atoms with Crippen LogP contribution in [0.25, 0.3) is 0 Å². The van der Waals surface area contributed by atoms with E-state index in [0.717, 1.165) is 6.07 Å². The van der Waals surface area contributed by atoms with Crippen molar-refractivity contribution in [3.05, 3.63) is 29.1 Å². The van der Waals surface area contributed by atoms with E-state index >= 15 is 0 Å². The Morgan fingerprint density at radius 2 is 2.06 bits per heavy atom. The predicted molar refractivity (Wildman–Crippen MR) is 49.5 cm³/mol. The Morgan fingerprint density at radius 1 is 1.31 bits per heavy atom. The monoisotopic (exact) mass is 233 g/mol. The molecule has 1 fully saturated rings. The fourth-order valence-electron chi connectivity index (χ4n) is 1.63. The van der Waals surface area contributed by atoms with Gasteiger partial charge >= 0.3 is 0 Å². The lowest BCUT2D eigenvalue weighted by Crippen LogP contribution is -2.34. The first-order valence-corrected chi connectivity index (χ1v) is 4.78. The van der Waals surface area contributed by atoms with Gasteiger partial charge in [0.25, 0.3) is 0 Å². The quantitative estimate of drug-likeness (QED) is 0.722. The molecule has 1 aliphatic heterocycles. The Hall–Kier alpha value is -1.27. The highest BCUT2D eigenvalue weighted by Crippen LogP contribution is 2.31. The third kappa shape index (κ3) is 1.85. The highest BCUT2D eigenvalue weighted by molar-refractivity contribution is 5.37. The van der Waals surface area contributed by atoms with E-state index in [9.17, 15) is 18.3 Å². The maximum absolute atomic E-state index is 13.1. The summed E-state index contributed by atoms with van der Waals surface area (Å²) in [7, 11) is 0. The summed E-state index contributed by atoms with van der Waals surface area (Å²) in [6.45, 7) is 1.17. The molecule has 1 atom stereocenters. The molecule has 3 nitrogen and oxygen atoms in total. The number of hydrogen-bond acceptors (Lipinski definition) is 3. The second-order valence-corrected chi connectivity index (χ2v) is 3.51. The molecule has 0 saturated carbocycles. The summed E-state index contributed by atoms with van der Waals surface area (Å²) < 4.78 is 43.9. The SMILES string of the molecule is Oc1c(C2COCCN2)cc(F)c(F)c1F. The Balaban J connectivity index is 2.40. The number of rotatable bonds is 1. The molecule has 0 bridgehead atoms. The number of halogens is 3. The van der Waals surface area contributed by atoms with E-state index in [-0.39, 0.29) is 12.2 Å². The third-order valence-corrected chi connectivity index (χ3v) is 2.46. The minimum atomic E-state index is -1.67. The molecule has 2 rings (SSSR count). The van der Waals surface area contributed by atoms with Crippen LogP contribution < -0.4 is 5.32 Å². The van der Waals surface area contributed by atoms with Crippen molar-refractivity contribution in [2.45, 2.75) is 6.04 Å². The Morgan fingerprint density at radius 3 is 2.69 bits per heavy atom. The molecular weight excluding hydrogens is 223 g/mol. The van der Waals surface area contributed by atoms with Crippen LogP contribution in [0.5, 0.6) is 5.75 Å². The summed E-state index contributed by atoms with van der Waals surface area (Å²) in [6, 6.07) is 0.249. The van der Waals surface area contributed by atoms with Crippen LogP contribution in [-0.4, -0.2) is 24.9 Å². The van der Waals surface area contributed by atoms with E-state index in [1.807, 2.05) is 0 Å². The summed E-state index contributed by atoms with van der Waals surface area (Å²) in [5.41, 5.74) is -0.0314. The maximum Gasteiger partial charge on any atom is 0.203 e. The number of benzene rings is 1. The second-order valence-electron chi connectivity index (χ2n) is 3.51. The number of morpholine rings is 1. The molecule has 2 N–H and O–H groups in total. The molecule has 1 unspecified atom stereocenters. The average molecular weight is 233 g/mol. The zero-order valence-electron chi connectivity index (χ0n) is 8.27. The smallest absolute Gasteiger partial charge is 0.203 e. The molecule has 0 aromatic heterocycles. The Labute approximate surface area is 89.8 Å². The van der Waals surface area contributed by atoms with E-state index in [2.05, 4.69) is 5.32 Å². The highest BCUT2D eigenvalue weighted by atomic mass is 19.2. The highest BCUT2D eigenvalue weighted by Gasteiger charge is 2.25. The van der Waals surface area contributed by atoms with Gasteiger partial charge in [-0.2, -0.15) is 4.39 Å². The van der Waals surface area contributed by atoms with Gasteiger partial charge < -0.3 is 15.2 Å². The summed E-state index contributed by atoms with van der Waals surface area (Å²) in [4.78, 5) is 0. The molecule has 88 valence electrons. The van der Waals surface area contributed by atoms with Gasteiger partial charge in [-0.1, -0.05) is 0 Å². The van der Waals surface area contributed by atoms with Crippen LogP contribution >= 0.6 is 0 Å². The molecular formula is C10H10F3NO2. The van der Waals surface area contributed by atoms with Crippen molar-refractivity contribution in [3.8, 4) is 5.75 Å². The average Bonchev–Trinajstić information content (AvgIpc) is 2.32. The molecule has 16 heavy (non-hydrogen) atoms. The minimum Gasteiger partial charge on any atom is -0.505 e. The van der Waals surface area contributed by atoms with Gasteiger partial charge in [-0.05, 0) is 6.07 Å². The lowest BCUT2D eigenvalue weighted by atomic mass is 10.0. The fourth-order valence-corrected chi connectivity index (χ4v) is 1.63. The van der Waals surface area contributed by atoms with Gasteiger partial charge in [0, 0.05) is 12.1 Å². The number of hydrogen-bond donors (Lipinski definition) is 2. The van der Waals surface area contributed by atoms with Crippen LogP contribution in [0.2, 0.25) is 0 Å². The van der Waals surface area contributed by atoms with E-state index < -0.39 is 29.2 Å². The molecule has 1 aromatic rings. The largest absolute Gasteiger partial charge is 0.505 e. The lowest BCUT2D eigenvalue weighted by Gasteiger charge is -2.24. The minimum absolute atomic E-state index is 0.0314. The van der Waals surface area contributed by atoms with Gasteiger partial charge in [0.2, 0.25) is 5.82 Å². The van der Waals surface area contributed by atoms with E-state index in [1.165, 1.54) is 0 Å². The summed E-state index contributed by atoms with van der Waals surface area (Å²) in [5.74, 6) is -5.43. The van der Waals surface area contributed by atoms with Crippen molar-refractivity contribution >= 4 is 0 Å². The Bertz CT molecular complexity index is 406. The van der Waals surface area contributed by atoms with Crippen molar-refractivity contribution in [1.82, 2.24) is 5.32 Å². The number of nitrogens with one attached hydrogen (secondary N) is 1. The van der Waals surface area contributed by atoms with Crippen molar-refractivity contribution < 1.29 is 23.0 Å². The molecule has 1 saturated heterocycles. The summed E-state index contributed by atoms with van der Waals surface area (Å²) in [5, 5.41) is 12.3. The third-order valence-electron chi connectivity index (χ3n) is 2.46. The van der Waals surface area contributed by atoms with Crippen LogP contribution in [0, 0.1) is 17.5 Å². The first-order valence-electron chi connectivity index (χ1n) is 4.78. The fraction of sp³-hybridized carbons (Fsp3) is 0.400. The number of phenols is 1. The topological polar surface area (TPSA) is 41.5 Å². The molecule has 0 radical (unpaired) electrons. The van der Waals surface area contributed by atoms with Crippen LogP contribution in [0.4, 0.5) is 13.2 Å². The van der Waals surface area contributed by atoms with Crippen molar-refractivity contribution in [3.63, 3.8) is 0 Å². The van der Waals surface area contributed by atoms with Gasteiger partial charge in [0.15, 0.2) is 17.4 Å². The van der Waals surface area contributed by atoms with Crippen LogP contribution in [-0.2, 0) is 4.74 Å². The number of aromatic hydroxyl groups is 1. The molecule has 1 aliphatic rings. The maximum atomic E-state index is 13.1. The normalized spacial score (nSPS) is 21.1. The van der Waals surface area contributed by atoms with E-state index in [4.69, 9.17) is 4.74 Å². The number of ether oxygens (including phenoxy) is 1. The first kappa shape index (κ1) is 11.2. The van der Waals surface area contributed by atoms with Crippen LogP contribution in [0.15, 0.2) is 6.07 Å². The lowest BCUT2D eigenvalue weighted by molar-refractivity contribution is 0.0757. The van der Waals surface area contributed by atoms with Crippen LogP contribution in [0.1, 0.15) is 11.6 Å². The zero-order valence-corrected chi connectivity index (χ0v) is 8.27. The second kappa shape index (κ2) is 4.31. The molecule has 0 amide bonds. The molecule has 0 spiro atoms. The standard InChI is InChI=1S/C10H10F3NO2/c11-6-3-5(7-4-16-2-1-14-7)10(15)9(13)8(6)12/h3,7,14-15H,1-2,4H2. The molecule has 1 heterocycles. The van der Waals surface area contributed by atoms with Gasteiger partial charge in [0.1, 0.15) is 0 Å². The zero-order chi connectivity index (χ0) is 11.7. The van der Waals surface area contributed by atoms with E-state index in [1.54, 1.807) is 0 Å². The summed E-state index contributed by atoms with van der Waals surface area (Å²) >= 11 is 0. The predicted octanol–water partition coefficient (Wildman–Crippen LogP) is 1.47. The molecule has 6 heteroatoms. The van der Waals surface area contributed by atoms with Gasteiger partial charge in [0.05, 0.1) is 19.3 Å². The van der Waals surface area contributed by atoms with Crippen molar-refractivity contribution in [2.24, 2.45) is 0 Å².